The van der Waals surface area contributed by atoms with Crippen LogP contribution in [0.5, 0.6) is 0 Å². The molecule has 100 valence electrons. The van der Waals surface area contributed by atoms with E-state index in [0.717, 1.165) is 18.6 Å². The Bertz CT molecular complexity index is 385. The van der Waals surface area contributed by atoms with Gasteiger partial charge in [0.25, 0.3) is 0 Å². The number of thiophene rings is 1. The van der Waals surface area contributed by atoms with Crippen LogP contribution in [0.25, 0.3) is 0 Å². The second-order valence-electron chi connectivity index (χ2n) is 6.38. The molecule has 2 fully saturated rings. The summed E-state index contributed by atoms with van der Waals surface area (Å²) < 4.78 is 0. The molecule has 2 aliphatic heterocycles. The van der Waals surface area contributed by atoms with E-state index in [1.54, 1.807) is 0 Å². The topological polar surface area (TPSA) is 15.3 Å². The number of hydrogen-bond donors (Lipinski definition) is 1. The molecule has 0 amide bonds. The van der Waals surface area contributed by atoms with Crippen LogP contribution in [0.3, 0.4) is 0 Å². The quantitative estimate of drug-likeness (QED) is 0.899. The average molecular weight is 264 g/mol. The lowest BCUT2D eigenvalue weighted by atomic mass is 9.90. The Morgan fingerprint density at radius 3 is 3.06 bits per heavy atom. The zero-order valence-electron chi connectivity index (χ0n) is 11.5. The second-order valence-corrected chi connectivity index (χ2v) is 7.33. The van der Waals surface area contributed by atoms with Crippen molar-refractivity contribution in [3.05, 3.63) is 22.4 Å². The summed E-state index contributed by atoms with van der Waals surface area (Å²) in [6.45, 7) is 8.45. The SMILES string of the molecule is CC(C)(CNC1CCN2CCCC12)c1cccs1. The molecule has 0 radical (unpaired) electrons. The van der Waals surface area contributed by atoms with Crippen LogP contribution in [-0.4, -0.2) is 36.6 Å². The molecule has 3 heterocycles. The van der Waals surface area contributed by atoms with E-state index in [1.807, 2.05) is 11.3 Å². The molecule has 1 N–H and O–H groups in total. The van der Waals surface area contributed by atoms with Crippen molar-refractivity contribution in [2.24, 2.45) is 0 Å². The van der Waals surface area contributed by atoms with E-state index in [9.17, 15) is 0 Å². The fourth-order valence-corrected chi connectivity index (χ4v) is 4.31. The lowest BCUT2D eigenvalue weighted by Crippen LogP contribution is -2.44. The van der Waals surface area contributed by atoms with Crippen LogP contribution in [0.4, 0.5) is 0 Å². The van der Waals surface area contributed by atoms with Crippen LogP contribution < -0.4 is 5.32 Å². The number of rotatable bonds is 4. The molecule has 3 rings (SSSR count). The van der Waals surface area contributed by atoms with E-state index >= 15 is 0 Å². The van der Waals surface area contributed by atoms with Crippen molar-refractivity contribution < 1.29 is 0 Å². The minimum Gasteiger partial charge on any atom is -0.311 e. The maximum absolute atomic E-state index is 3.85. The Balaban J connectivity index is 1.58. The van der Waals surface area contributed by atoms with Gasteiger partial charge in [-0.15, -0.1) is 11.3 Å². The van der Waals surface area contributed by atoms with E-state index in [2.05, 4.69) is 41.6 Å². The smallest absolute Gasteiger partial charge is 0.0250 e. The van der Waals surface area contributed by atoms with Crippen molar-refractivity contribution in [1.82, 2.24) is 10.2 Å². The molecule has 2 aliphatic rings. The summed E-state index contributed by atoms with van der Waals surface area (Å²) in [6, 6.07) is 5.98. The highest BCUT2D eigenvalue weighted by molar-refractivity contribution is 7.10. The first kappa shape index (κ1) is 12.6. The van der Waals surface area contributed by atoms with Crippen molar-refractivity contribution >= 4 is 11.3 Å². The summed E-state index contributed by atoms with van der Waals surface area (Å²) in [5.74, 6) is 0. The fourth-order valence-electron chi connectivity index (χ4n) is 3.46. The van der Waals surface area contributed by atoms with Gasteiger partial charge in [-0.25, -0.2) is 0 Å². The fraction of sp³-hybridized carbons (Fsp3) is 0.733. The Hall–Kier alpha value is -0.380. The Morgan fingerprint density at radius 2 is 2.28 bits per heavy atom. The summed E-state index contributed by atoms with van der Waals surface area (Å²) >= 11 is 1.88. The molecule has 18 heavy (non-hydrogen) atoms. The summed E-state index contributed by atoms with van der Waals surface area (Å²) in [4.78, 5) is 4.17. The lowest BCUT2D eigenvalue weighted by molar-refractivity contribution is 0.292. The molecule has 2 nitrogen and oxygen atoms in total. The minimum absolute atomic E-state index is 0.264. The Morgan fingerprint density at radius 1 is 1.39 bits per heavy atom. The van der Waals surface area contributed by atoms with Crippen molar-refractivity contribution in [2.45, 2.75) is 50.6 Å². The van der Waals surface area contributed by atoms with Crippen LogP contribution in [0.1, 0.15) is 38.0 Å². The lowest BCUT2D eigenvalue weighted by Gasteiger charge is -2.28. The predicted octanol–water partition coefficient (Wildman–Crippen LogP) is 2.85. The minimum atomic E-state index is 0.264. The first-order valence-corrected chi connectivity index (χ1v) is 8.06. The van der Waals surface area contributed by atoms with Crippen LogP contribution in [0.2, 0.25) is 0 Å². The zero-order valence-corrected chi connectivity index (χ0v) is 12.3. The zero-order chi connectivity index (χ0) is 12.6. The van der Waals surface area contributed by atoms with E-state index in [1.165, 1.54) is 37.2 Å². The van der Waals surface area contributed by atoms with Crippen molar-refractivity contribution in [3.8, 4) is 0 Å². The van der Waals surface area contributed by atoms with Crippen LogP contribution in [0, 0.1) is 0 Å². The van der Waals surface area contributed by atoms with Gasteiger partial charge in [-0.2, -0.15) is 0 Å². The van der Waals surface area contributed by atoms with Gasteiger partial charge in [0.1, 0.15) is 0 Å². The van der Waals surface area contributed by atoms with Gasteiger partial charge >= 0.3 is 0 Å². The van der Waals surface area contributed by atoms with E-state index in [4.69, 9.17) is 0 Å². The molecule has 0 saturated carbocycles. The van der Waals surface area contributed by atoms with Crippen LogP contribution >= 0.6 is 11.3 Å². The van der Waals surface area contributed by atoms with Gasteiger partial charge < -0.3 is 5.32 Å². The highest BCUT2D eigenvalue weighted by Gasteiger charge is 2.37. The largest absolute Gasteiger partial charge is 0.311 e. The maximum atomic E-state index is 3.85. The standard InChI is InChI=1S/C15H24N2S/c1-15(2,14-6-4-10-18-14)11-16-12-7-9-17-8-3-5-13(12)17/h4,6,10,12-13,16H,3,5,7-9,11H2,1-2H3. The van der Waals surface area contributed by atoms with E-state index < -0.39 is 0 Å². The van der Waals surface area contributed by atoms with Gasteiger partial charge in [-0.05, 0) is 37.3 Å². The molecule has 3 heteroatoms. The second kappa shape index (κ2) is 4.95. The predicted molar refractivity (Wildman–Crippen MR) is 78.3 cm³/mol. The normalized spacial score (nSPS) is 28.8. The van der Waals surface area contributed by atoms with E-state index in [-0.39, 0.29) is 5.41 Å². The number of nitrogens with one attached hydrogen (secondary N) is 1. The summed E-state index contributed by atoms with van der Waals surface area (Å²) in [5.41, 5.74) is 0.264. The molecule has 0 bridgehead atoms. The summed E-state index contributed by atoms with van der Waals surface area (Å²) in [6.07, 6.45) is 4.14. The molecule has 2 atom stereocenters. The average Bonchev–Trinajstić information content (AvgIpc) is 3.05. The number of nitrogens with zero attached hydrogens (tertiary/aromatic N) is 1. The summed E-state index contributed by atoms with van der Waals surface area (Å²) in [7, 11) is 0. The molecule has 2 saturated heterocycles. The third kappa shape index (κ3) is 2.36. The van der Waals surface area contributed by atoms with Crippen molar-refractivity contribution in [2.75, 3.05) is 19.6 Å². The van der Waals surface area contributed by atoms with Crippen molar-refractivity contribution in [1.29, 1.82) is 0 Å². The van der Waals surface area contributed by atoms with Crippen LogP contribution in [-0.2, 0) is 5.41 Å². The van der Waals surface area contributed by atoms with Crippen molar-refractivity contribution in [3.63, 3.8) is 0 Å². The highest BCUT2D eigenvalue weighted by Crippen LogP contribution is 2.30. The monoisotopic (exact) mass is 264 g/mol. The summed E-state index contributed by atoms with van der Waals surface area (Å²) in [5, 5.41) is 6.03. The maximum Gasteiger partial charge on any atom is 0.0250 e. The Labute approximate surface area is 114 Å². The molecular formula is C15H24N2S. The van der Waals surface area contributed by atoms with Gasteiger partial charge in [0, 0.05) is 35.5 Å². The van der Waals surface area contributed by atoms with Gasteiger partial charge in [0.15, 0.2) is 0 Å². The molecule has 0 aromatic carbocycles. The highest BCUT2D eigenvalue weighted by atomic mass is 32.1. The molecule has 0 spiro atoms. The molecule has 1 aromatic rings. The Kier molecular flexibility index (Phi) is 3.48. The first-order valence-electron chi connectivity index (χ1n) is 7.18. The third-order valence-electron chi connectivity index (χ3n) is 4.60. The van der Waals surface area contributed by atoms with Gasteiger partial charge in [0.2, 0.25) is 0 Å². The molecular weight excluding hydrogens is 240 g/mol. The first-order chi connectivity index (χ1) is 8.67. The third-order valence-corrected chi connectivity index (χ3v) is 5.84. The van der Waals surface area contributed by atoms with Gasteiger partial charge in [-0.3, -0.25) is 4.90 Å². The molecule has 2 unspecified atom stereocenters. The van der Waals surface area contributed by atoms with E-state index in [0.29, 0.717) is 0 Å². The van der Waals surface area contributed by atoms with Gasteiger partial charge in [0.05, 0.1) is 0 Å². The number of hydrogen-bond acceptors (Lipinski definition) is 3. The van der Waals surface area contributed by atoms with Gasteiger partial charge in [-0.1, -0.05) is 19.9 Å². The molecule has 1 aromatic heterocycles. The van der Waals surface area contributed by atoms with Crippen LogP contribution in [0.15, 0.2) is 17.5 Å². The molecule has 0 aliphatic carbocycles. The number of fused-ring (bicyclic) bond motifs is 1.